The Morgan fingerprint density at radius 2 is 0.938 bits per heavy atom. The van der Waals surface area contributed by atoms with Crippen molar-refractivity contribution in [3.8, 4) is 0 Å². The molecule has 0 saturated carbocycles. The molecule has 4 nitrogen and oxygen atoms in total. The lowest BCUT2D eigenvalue weighted by atomic mass is 10.3. The molecular weight excluding hydrogens is 210 g/mol. The van der Waals surface area contributed by atoms with Gasteiger partial charge >= 0.3 is 0 Å². The van der Waals surface area contributed by atoms with Gasteiger partial charge in [0.1, 0.15) is 7.40 Å². The van der Waals surface area contributed by atoms with Crippen molar-refractivity contribution in [3.63, 3.8) is 0 Å². The van der Waals surface area contributed by atoms with Crippen molar-refractivity contribution in [3.05, 3.63) is 61.2 Å². The maximum absolute atomic E-state index is 9.89. The number of rotatable bonds is 0. The highest BCUT2D eigenvalue weighted by atomic mass is 19.1. The Labute approximate surface area is 93.6 Å². The van der Waals surface area contributed by atoms with Gasteiger partial charge in [-0.3, -0.25) is 0 Å². The lowest BCUT2D eigenvalue weighted by Crippen LogP contribution is -2.39. The number of hydrogen-bond donors (Lipinski definition) is 0. The quantitative estimate of drug-likeness (QED) is 0.517. The van der Waals surface area contributed by atoms with E-state index in [0.29, 0.717) is 0 Å². The number of nitrogens with one attached hydrogen (secondary N) is 2. The zero-order valence-corrected chi connectivity index (χ0v) is 8.55. The van der Waals surface area contributed by atoms with Gasteiger partial charge in [-0.1, -0.05) is 12.1 Å². The summed E-state index contributed by atoms with van der Waals surface area (Å²) in [5.41, 5.74) is 0. The molecular formula is C10H12BFN2O2. The molecule has 2 heterocycles. The van der Waals surface area contributed by atoms with Crippen LogP contribution >= 0.6 is 0 Å². The fourth-order valence-electron chi connectivity index (χ4n) is 0.684. The Hall–Kier alpha value is -1.79. The van der Waals surface area contributed by atoms with Crippen molar-refractivity contribution in [1.29, 1.82) is 0 Å². The third-order valence-electron chi connectivity index (χ3n) is 1.21. The van der Waals surface area contributed by atoms with E-state index in [1.165, 1.54) is 0 Å². The van der Waals surface area contributed by atoms with Crippen LogP contribution in [-0.2, 0) is 0 Å². The second-order valence-electron chi connectivity index (χ2n) is 2.43. The molecule has 84 valence electrons. The van der Waals surface area contributed by atoms with Gasteiger partial charge in [0.05, 0.1) is 0 Å². The summed E-state index contributed by atoms with van der Waals surface area (Å²) in [7, 11) is -3.17. The van der Waals surface area contributed by atoms with Gasteiger partial charge in [-0.15, -0.1) is 0 Å². The van der Waals surface area contributed by atoms with Crippen LogP contribution in [0.25, 0.3) is 0 Å². The topological polar surface area (TPSA) is 74.4 Å². The van der Waals surface area contributed by atoms with Gasteiger partial charge in [0.15, 0.2) is 24.8 Å². The Morgan fingerprint density at radius 3 is 1.00 bits per heavy atom. The summed E-state index contributed by atoms with van der Waals surface area (Å²) in [5.74, 6) is 0. The van der Waals surface area contributed by atoms with Crippen LogP contribution in [0.1, 0.15) is 0 Å². The highest BCUT2D eigenvalue weighted by molar-refractivity contribution is 6.27. The number of pyridine rings is 2. The van der Waals surface area contributed by atoms with Gasteiger partial charge in [0, 0.05) is 24.3 Å². The highest BCUT2D eigenvalue weighted by Crippen LogP contribution is 1.68. The van der Waals surface area contributed by atoms with Crippen molar-refractivity contribution >= 4 is 7.40 Å². The van der Waals surface area contributed by atoms with Gasteiger partial charge in [-0.05, 0) is 0 Å². The molecule has 2 N–H and O–H groups in total. The van der Waals surface area contributed by atoms with Gasteiger partial charge < -0.3 is 14.4 Å². The summed E-state index contributed by atoms with van der Waals surface area (Å²) in [6.07, 6.45) is 7.50. The molecule has 0 aliphatic rings. The zero-order valence-electron chi connectivity index (χ0n) is 8.55. The smallest absolute Gasteiger partial charge is 0.166 e. The Bertz CT molecular complexity index is 236. The van der Waals surface area contributed by atoms with Crippen molar-refractivity contribution in [2.24, 2.45) is 0 Å². The average molecular weight is 222 g/mol. The predicted molar refractivity (Wildman–Crippen MR) is 52.9 cm³/mol. The monoisotopic (exact) mass is 222 g/mol. The van der Waals surface area contributed by atoms with Crippen molar-refractivity contribution < 1.29 is 24.3 Å². The molecule has 0 unspecified atom stereocenters. The van der Waals surface area contributed by atoms with Crippen LogP contribution in [0, 0.1) is 0 Å². The average Bonchev–Trinajstić information content (AvgIpc) is 2.34. The molecule has 0 saturated heterocycles. The number of hydrogen-bond acceptors (Lipinski definition) is 2. The van der Waals surface area contributed by atoms with Crippen LogP contribution in [-0.4, -0.2) is 7.40 Å². The summed E-state index contributed by atoms with van der Waals surface area (Å²) in [6.45, 7) is 0. The van der Waals surface area contributed by atoms with Gasteiger partial charge in [0.25, 0.3) is 0 Å². The van der Waals surface area contributed by atoms with E-state index in [1.54, 1.807) is 0 Å². The number of aromatic nitrogens is 2. The third-order valence-corrected chi connectivity index (χ3v) is 1.21. The molecule has 2 rings (SSSR count). The molecule has 0 aromatic carbocycles. The predicted octanol–water partition coefficient (Wildman–Crippen LogP) is -1.34. The fraction of sp³-hybridized carbons (Fsp3) is 0. The van der Waals surface area contributed by atoms with Gasteiger partial charge in [-0.25, -0.2) is 9.97 Å². The third kappa shape index (κ3) is 14.7. The van der Waals surface area contributed by atoms with Crippen LogP contribution in [0.5, 0.6) is 0 Å². The molecule has 0 amide bonds. The first-order valence-electron chi connectivity index (χ1n) is 4.51. The van der Waals surface area contributed by atoms with Crippen LogP contribution in [0.4, 0.5) is 4.32 Å². The van der Waals surface area contributed by atoms with Crippen LogP contribution in [0.2, 0.25) is 0 Å². The van der Waals surface area contributed by atoms with Crippen LogP contribution in [0.3, 0.4) is 0 Å². The summed E-state index contributed by atoms with van der Waals surface area (Å²) < 4.78 is 9.89. The maximum Gasteiger partial charge on any atom is 0.166 e. The molecule has 2 aromatic rings. The second kappa shape index (κ2) is 11.3. The van der Waals surface area contributed by atoms with Crippen molar-refractivity contribution in [1.82, 2.24) is 0 Å². The Morgan fingerprint density at radius 1 is 0.688 bits per heavy atom. The molecule has 0 aliphatic carbocycles. The van der Waals surface area contributed by atoms with E-state index in [4.69, 9.17) is 10.0 Å². The zero-order chi connectivity index (χ0) is 12.1. The van der Waals surface area contributed by atoms with E-state index in [0.717, 1.165) is 0 Å². The largest absolute Gasteiger partial charge is 0.867 e. The number of H-pyrrole nitrogens is 2. The molecule has 0 fully saturated rings. The standard InChI is InChI=1S/2C5H5N.BFO2/c2*1-2-4-6-5-3-1;2-1(3)4/h2*1-5H;/q;;-2/p+2. The van der Waals surface area contributed by atoms with E-state index >= 15 is 0 Å². The van der Waals surface area contributed by atoms with E-state index < -0.39 is 7.40 Å². The summed E-state index contributed by atoms with van der Waals surface area (Å²) in [4.78, 5) is 5.78. The molecule has 0 aliphatic heterocycles. The van der Waals surface area contributed by atoms with Crippen LogP contribution < -0.4 is 20.0 Å². The minimum Gasteiger partial charge on any atom is -0.867 e. The molecule has 0 spiro atoms. The summed E-state index contributed by atoms with van der Waals surface area (Å²) in [6, 6.07) is 11.7. The van der Waals surface area contributed by atoms with E-state index in [1.807, 2.05) is 61.2 Å². The fourth-order valence-corrected chi connectivity index (χ4v) is 0.684. The first kappa shape index (κ1) is 14.2. The van der Waals surface area contributed by atoms with Crippen LogP contribution in [0.15, 0.2) is 61.2 Å². The Kier molecular flexibility index (Phi) is 10.0. The van der Waals surface area contributed by atoms with Gasteiger partial charge in [0.2, 0.25) is 0 Å². The minimum absolute atomic E-state index is 1.88. The summed E-state index contributed by atoms with van der Waals surface area (Å²) in [5, 5.41) is 16.6. The molecule has 6 heteroatoms. The minimum atomic E-state index is -3.17. The van der Waals surface area contributed by atoms with E-state index in [9.17, 15) is 4.32 Å². The summed E-state index contributed by atoms with van der Waals surface area (Å²) >= 11 is 0. The first-order valence-corrected chi connectivity index (χ1v) is 4.51. The number of aromatic amines is 2. The molecule has 16 heavy (non-hydrogen) atoms. The SMILES string of the molecule is [O-]B([O-])F.c1cc[nH+]cc1.c1cc[nH+]cc1. The second-order valence-corrected chi connectivity index (χ2v) is 2.43. The number of halogens is 1. The maximum atomic E-state index is 9.89. The lowest BCUT2D eigenvalue weighted by molar-refractivity contribution is -0.378. The molecule has 0 radical (unpaired) electrons. The normalized spacial score (nSPS) is 7.69. The van der Waals surface area contributed by atoms with Crippen molar-refractivity contribution in [2.75, 3.05) is 0 Å². The lowest BCUT2D eigenvalue weighted by Gasteiger charge is -2.09. The molecule has 0 bridgehead atoms. The van der Waals surface area contributed by atoms with E-state index in [2.05, 4.69) is 9.97 Å². The highest BCUT2D eigenvalue weighted by Gasteiger charge is 1.66. The molecule has 0 atom stereocenters. The van der Waals surface area contributed by atoms with Gasteiger partial charge in [-0.2, -0.15) is 0 Å². The molecule has 2 aromatic heterocycles. The Balaban J connectivity index is 0.000000217. The first-order chi connectivity index (χ1) is 7.73. The van der Waals surface area contributed by atoms with E-state index in [-0.39, 0.29) is 0 Å². The van der Waals surface area contributed by atoms with Crippen molar-refractivity contribution in [2.45, 2.75) is 0 Å².